The smallest absolute Gasteiger partial charge is 0.105 e. The summed E-state index contributed by atoms with van der Waals surface area (Å²) in [6.45, 7) is 8.53. The molecule has 0 radical (unpaired) electrons. The molecule has 0 saturated heterocycles. The first kappa shape index (κ1) is 15.4. The van der Waals surface area contributed by atoms with Crippen molar-refractivity contribution in [2.45, 2.75) is 68.7 Å². The van der Waals surface area contributed by atoms with Gasteiger partial charge in [0.1, 0.15) is 5.54 Å². The average molecular weight is 288 g/mol. The lowest BCUT2D eigenvalue weighted by molar-refractivity contribution is 0.415. The van der Waals surface area contributed by atoms with Gasteiger partial charge in [0.2, 0.25) is 0 Å². The second kappa shape index (κ2) is 6.20. The predicted octanol–water partition coefficient (Wildman–Crippen LogP) is 4.21. The molecule has 108 valence electrons. The van der Waals surface area contributed by atoms with Crippen molar-refractivity contribution in [3.8, 4) is 6.07 Å². The third-order valence-corrected chi connectivity index (χ3v) is 4.98. The Bertz CT molecular complexity index is 516. The Morgan fingerprint density at radius 3 is 2.75 bits per heavy atom. The fraction of sp³-hybridized carbons (Fsp3) is 0.588. The van der Waals surface area contributed by atoms with Gasteiger partial charge in [0, 0.05) is 16.2 Å². The van der Waals surface area contributed by atoms with Crippen molar-refractivity contribution in [2.24, 2.45) is 0 Å². The minimum Gasteiger partial charge on any atom is -0.297 e. The molecule has 1 saturated carbocycles. The standard InChI is InChI=1S/C17H24N2S/c1-12-5-6-13(2)16(9-12)20-14(3)10-17(4,11-18)19-15-7-8-15/h5-6,9,14-15,19H,7-8,10H2,1-4H3. The lowest BCUT2D eigenvalue weighted by Gasteiger charge is -2.26. The van der Waals surface area contributed by atoms with Gasteiger partial charge >= 0.3 is 0 Å². The molecular weight excluding hydrogens is 264 g/mol. The third kappa shape index (κ3) is 4.26. The zero-order valence-electron chi connectivity index (χ0n) is 12.9. The quantitative estimate of drug-likeness (QED) is 0.797. The molecule has 20 heavy (non-hydrogen) atoms. The van der Waals surface area contributed by atoms with E-state index < -0.39 is 5.54 Å². The highest BCUT2D eigenvalue weighted by atomic mass is 32.2. The van der Waals surface area contributed by atoms with Crippen LogP contribution in [0.25, 0.3) is 0 Å². The molecule has 0 bridgehead atoms. The Morgan fingerprint density at radius 1 is 1.45 bits per heavy atom. The predicted molar refractivity (Wildman–Crippen MR) is 86.0 cm³/mol. The summed E-state index contributed by atoms with van der Waals surface area (Å²) >= 11 is 1.88. The highest BCUT2D eigenvalue weighted by Gasteiger charge is 2.33. The van der Waals surface area contributed by atoms with Crippen molar-refractivity contribution in [3.63, 3.8) is 0 Å². The number of aryl methyl sites for hydroxylation is 2. The molecule has 0 amide bonds. The monoisotopic (exact) mass is 288 g/mol. The number of rotatable bonds is 6. The maximum absolute atomic E-state index is 9.45. The van der Waals surface area contributed by atoms with E-state index in [0.29, 0.717) is 11.3 Å². The number of nitrogens with one attached hydrogen (secondary N) is 1. The Labute approximate surface area is 127 Å². The van der Waals surface area contributed by atoms with E-state index in [1.807, 2.05) is 18.7 Å². The lowest BCUT2D eigenvalue weighted by Crippen LogP contribution is -2.44. The summed E-state index contributed by atoms with van der Waals surface area (Å²) in [6, 6.07) is 9.61. The Hall–Kier alpha value is -0.980. The van der Waals surface area contributed by atoms with Crippen molar-refractivity contribution in [1.82, 2.24) is 5.32 Å². The molecule has 3 heteroatoms. The van der Waals surface area contributed by atoms with Crippen molar-refractivity contribution < 1.29 is 0 Å². The van der Waals surface area contributed by atoms with Gasteiger partial charge in [0.15, 0.2) is 0 Å². The molecule has 0 aromatic heterocycles. The van der Waals surface area contributed by atoms with Gasteiger partial charge in [-0.3, -0.25) is 5.32 Å². The normalized spacial score (nSPS) is 19.1. The van der Waals surface area contributed by atoms with Crippen LogP contribution in [-0.4, -0.2) is 16.8 Å². The van der Waals surface area contributed by atoms with E-state index in [9.17, 15) is 5.26 Å². The first-order valence-electron chi connectivity index (χ1n) is 7.35. The van der Waals surface area contributed by atoms with Crippen LogP contribution in [0.15, 0.2) is 23.1 Å². The number of thioether (sulfide) groups is 1. The summed E-state index contributed by atoms with van der Waals surface area (Å²) in [7, 11) is 0. The number of hydrogen-bond acceptors (Lipinski definition) is 3. The fourth-order valence-electron chi connectivity index (χ4n) is 2.48. The molecular formula is C17H24N2S. The van der Waals surface area contributed by atoms with E-state index in [-0.39, 0.29) is 0 Å². The highest BCUT2D eigenvalue weighted by molar-refractivity contribution is 8.00. The molecule has 0 aliphatic heterocycles. The van der Waals surface area contributed by atoms with Crippen LogP contribution in [0, 0.1) is 25.2 Å². The third-order valence-electron chi connectivity index (χ3n) is 3.71. The molecule has 1 aromatic carbocycles. The first-order chi connectivity index (χ1) is 9.42. The van der Waals surface area contributed by atoms with Crippen LogP contribution in [0.1, 0.15) is 44.2 Å². The van der Waals surface area contributed by atoms with Gasteiger partial charge in [-0.15, -0.1) is 11.8 Å². The molecule has 1 aromatic rings. The van der Waals surface area contributed by atoms with Crippen molar-refractivity contribution in [3.05, 3.63) is 29.3 Å². The largest absolute Gasteiger partial charge is 0.297 e. The molecule has 1 N–H and O–H groups in total. The molecule has 2 nitrogen and oxygen atoms in total. The van der Waals surface area contributed by atoms with Crippen LogP contribution >= 0.6 is 11.8 Å². The minimum absolute atomic E-state index is 0.398. The number of nitriles is 1. The maximum Gasteiger partial charge on any atom is 0.105 e. The van der Waals surface area contributed by atoms with E-state index in [0.717, 1.165) is 6.42 Å². The molecule has 1 aliphatic rings. The number of benzene rings is 1. The lowest BCUT2D eigenvalue weighted by atomic mass is 9.98. The second-order valence-electron chi connectivity index (χ2n) is 6.26. The first-order valence-corrected chi connectivity index (χ1v) is 8.23. The summed E-state index contributed by atoms with van der Waals surface area (Å²) in [5.41, 5.74) is 2.22. The Morgan fingerprint density at radius 2 is 2.15 bits per heavy atom. The van der Waals surface area contributed by atoms with Crippen LogP contribution in [0.4, 0.5) is 0 Å². The van der Waals surface area contributed by atoms with E-state index in [4.69, 9.17) is 0 Å². The highest BCUT2D eigenvalue weighted by Crippen LogP contribution is 2.33. The van der Waals surface area contributed by atoms with Gasteiger partial charge < -0.3 is 0 Å². The number of nitrogens with zero attached hydrogens (tertiary/aromatic N) is 1. The van der Waals surface area contributed by atoms with Gasteiger partial charge in [-0.05, 0) is 51.7 Å². The minimum atomic E-state index is -0.398. The zero-order valence-corrected chi connectivity index (χ0v) is 13.7. The maximum atomic E-state index is 9.45. The van der Waals surface area contributed by atoms with Crippen molar-refractivity contribution in [1.29, 1.82) is 5.26 Å². The summed E-state index contributed by atoms with van der Waals surface area (Å²) in [5.74, 6) is 0. The van der Waals surface area contributed by atoms with Gasteiger partial charge in [-0.1, -0.05) is 24.6 Å². The van der Waals surface area contributed by atoms with E-state index in [1.54, 1.807) is 0 Å². The molecule has 0 heterocycles. The number of hydrogen-bond donors (Lipinski definition) is 1. The van der Waals surface area contributed by atoms with E-state index in [2.05, 4.69) is 50.4 Å². The van der Waals surface area contributed by atoms with Gasteiger partial charge in [0.05, 0.1) is 6.07 Å². The van der Waals surface area contributed by atoms with Gasteiger partial charge in [-0.25, -0.2) is 0 Å². The molecule has 2 atom stereocenters. The van der Waals surface area contributed by atoms with E-state index in [1.165, 1.54) is 28.9 Å². The fourth-order valence-corrected chi connectivity index (χ4v) is 3.84. The van der Waals surface area contributed by atoms with Crippen molar-refractivity contribution in [2.75, 3.05) is 0 Å². The van der Waals surface area contributed by atoms with Crippen LogP contribution in [0.2, 0.25) is 0 Å². The zero-order chi connectivity index (χ0) is 14.8. The topological polar surface area (TPSA) is 35.8 Å². The summed E-state index contributed by atoms with van der Waals surface area (Å²) in [6.07, 6.45) is 3.31. The average Bonchev–Trinajstić information content (AvgIpc) is 3.17. The van der Waals surface area contributed by atoms with Crippen molar-refractivity contribution >= 4 is 11.8 Å². The molecule has 2 rings (SSSR count). The van der Waals surface area contributed by atoms with Crippen LogP contribution in [-0.2, 0) is 0 Å². The Balaban J connectivity index is 1.98. The van der Waals surface area contributed by atoms with E-state index >= 15 is 0 Å². The SMILES string of the molecule is Cc1ccc(C)c(SC(C)CC(C)(C#N)NC2CC2)c1. The van der Waals surface area contributed by atoms with Crippen LogP contribution in [0.3, 0.4) is 0 Å². The molecule has 0 spiro atoms. The molecule has 1 aliphatic carbocycles. The summed E-state index contributed by atoms with van der Waals surface area (Å²) in [4.78, 5) is 1.34. The molecule has 1 fully saturated rings. The van der Waals surface area contributed by atoms with Crippen LogP contribution < -0.4 is 5.32 Å². The molecule has 2 unspecified atom stereocenters. The van der Waals surface area contributed by atoms with Gasteiger partial charge in [0.25, 0.3) is 0 Å². The summed E-state index contributed by atoms with van der Waals surface area (Å²) < 4.78 is 0. The second-order valence-corrected chi connectivity index (χ2v) is 7.74. The van der Waals surface area contributed by atoms with Crippen LogP contribution in [0.5, 0.6) is 0 Å². The van der Waals surface area contributed by atoms with Gasteiger partial charge in [-0.2, -0.15) is 5.26 Å². The summed E-state index contributed by atoms with van der Waals surface area (Å²) in [5, 5.41) is 13.4. The Kier molecular flexibility index (Phi) is 4.78.